The van der Waals surface area contributed by atoms with E-state index < -0.39 is 5.97 Å². The maximum atomic E-state index is 11.8. The number of urea groups is 1. The highest BCUT2D eigenvalue weighted by Gasteiger charge is 2.19. The number of aryl methyl sites for hydroxylation is 1. The second kappa shape index (κ2) is 6.77. The van der Waals surface area contributed by atoms with Gasteiger partial charge in [0.15, 0.2) is 0 Å². The van der Waals surface area contributed by atoms with Crippen LogP contribution in [-0.2, 0) is 11.3 Å². The Morgan fingerprint density at radius 3 is 2.68 bits per heavy atom. The molecule has 1 aromatic heterocycles. The minimum absolute atomic E-state index is 0.164. The molecule has 0 unspecified atom stereocenters. The fourth-order valence-electron chi connectivity index (χ4n) is 1.60. The Balaban J connectivity index is 2.42. The number of hydrogen-bond acceptors (Lipinski definition) is 3. The SMILES string of the molecule is Cc1cnn(CCNC(=O)N(CC(=O)O)C(C)C)c1. The normalized spacial score (nSPS) is 10.5. The van der Waals surface area contributed by atoms with Crippen molar-refractivity contribution < 1.29 is 14.7 Å². The summed E-state index contributed by atoms with van der Waals surface area (Å²) in [5.74, 6) is -1.02. The van der Waals surface area contributed by atoms with Crippen LogP contribution in [0, 0.1) is 6.92 Å². The lowest BCUT2D eigenvalue weighted by atomic mass is 10.3. The molecule has 0 saturated carbocycles. The van der Waals surface area contributed by atoms with Crippen molar-refractivity contribution in [1.82, 2.24) is 20.0 Å². The number of carbonyl (C=O) groups excluding carboxylic acids is 1. The zero-order valence-corrected chi connectivity index (χ0v) is 11.5. The van der Waals surface area contributed by atoms with Gasteiger partial charge in [-0.25, -0.2) is 4.79 Å². The average molecular weight is 268 g/mol. The van der Waals surface area contributed by atoms with Gasteiger partial charge in [-0.3, -0.25) is 9.48 Å². The number of rotatable bonds is 6. The molecule has 1 rings (SSSR count). The van der Waals surface area contributed by atoms with E-state index in [2.05, 4.69) is 10.4 Å². The van der Waals surface area contributed by atoms with E-state index in [1.54, 1.807) is 24.7 Å². The highest BCUT2D eigenvalue weighted by Crippen LogP contribution is 1.98. The molecule has 0 atom stereocenters. The number of amides is 2. The molecule has 0 radical (unpaired) electrons. The first kappa shape index (κ1) is 15.0. The van der Waals surface area contributed by atoms with Gasteiger partial charge in [-0.1, -0.05) is 0 Å². The summed E-state index contributed by atoms with van der Waals surface area (Å²) in [6.45, 7) is 6.15. The van der Waals surface area contributed by atoms with E-state index in [0.29, 0.717) is 13.1 Å². The highest BCUT2D eigenvalue weighted by atomic mass is 16.4. The van der Waals surface area contributed by atoms with Crippen molar-refractivity contribution in [1.29, 1.82) is 0 Å². The van der Waals surface area contributed by atoms with Crippen LogP contribution in [-0.4, -0.2) is 50.9 Å². The Labute approximate surface area is 112 Å². The first-order valence-corrected chi connectivity index (χ1v) is 6.15. The fourth-order valence-corrected chi connectivity index (χ4v) is 1.60. The van der Waals surface area contributed by atoms with E-state index in [0.717, 1.165) is 5.56 Å². The van der Waals surface area contributed by atoms with Crippen molar-refractivity contribution in [2.75, 3.05) is 13.1 Å². The quantitative estimate of drug-likeness (QED) is 0.795. The van der Waals surface area contributed by atoms with Crippen LogP contribution in [0.4, 0.5) is 4.79 Å². The molecule has 0 bridgehead atoms. The molecule has 1 aromatic rings. The van der Waals surface area contributed by atoms with E-state index in [1.807, 2.05) is 13.1 Å². The van der Waals surface area contributed by atoms with Gasteiger partial charge in [-0.2, -0.15) is 5.10 Å². The van der Waals surface area contributed by atoms with Gasteiger partial charge in [0.05, 0.1) is 12.7 Å². The van der Waals surface area contributed by atoms with Crippen LogP contribution in [0.5, 0.6) is 0 Å². The number of carboxylic acids is 1. The number of aliphatic carboxylic acids is 1. The van der Waals surface area contributed by atoms with E-state index in [9.17, 15) is 9.59 Å². The van der Waals surface area contributed by atoms with Gasteiger partial charge in [0.1, 0.15) is 6.54 Å². The average Bonchev–Trinajstić information content (AvgIpc) is 2.71. The molecule has 0 spiro atoms. The predicted octanol–water partition coefficient (Wildman–Crippen LogP) is 0.696. The summed E-state index contributed by atoms with van der Waals surface area (Å²) in [5, 5.41) is 15.5. The van der Waals surface area contributed by atoms with Gasteiger partial charge in [-0.15, -0.1) is 0 Å². The molecular formula is C12H20N4O3. The number of carboxylic acid groups (broad SMARTS) is 1. The Hall–Kier alpha value is -2.05. The van der Waals surface area contributed by atoms with Crippen molar-refractivity contribution in [3.63, 3.8) is 0 Å². The molecule has 0 aromatic carbocycles. The summed E-state index contributed by atoms with van der Waals surface area (Å²) in [4.78, 5) is 23.8. The van der Waals surface area contributed by atoms with Crippen molar-refractivity contribution in [2.24, 2.45) is 0 Å². The van der Waals surface area contributed by atoms with E-state index in [1.165, 1.54) is 4.90 Å². The largest absolute Gasteiger partial charge is 0.480 e. The smallest absolute Gasteiger partial charge is 0.323 e. The van der Waals surface area contributed by atoms with Crippen LogP contribution < -0.4 is 5.32 Å². The van der Waals surface area contributed by atoms with Gasteiger partial charge in [0, 0.05) is 18.8 Å². The first-order chi connectivity index (χ1) is 8.90. The lowest BCUT2D eigenvalue weighted by Gasteiger charge is -2.25. The molecular weight excluding hydrogens is 248 g/mol. The molecule has 19 heavy (non-hydrogen) atoms. The number of aromatic nitrogens is 2. The molecule has 0 saturated heterocycles. The van der Waals surface area contributed by atoms with Crippen molar-refractivity contribution >= 4 is 12.0 Å². The zero-order valence-electron chi connectivity index (χ0n) is 11.5. The van der Waals surface area contributed by atoms with Gasteiger partial charge >= 0.3 is 12.0 Å². The predicted molar refractivity (Wildman–Crippen MR) is 69.8 cm³/mol. The number of carbonyl (C=O) groups is 2. The van der Waals surface area contributed by atoms with Gasteiger partial charge in [0.2, 0.25) is 0 Å². The molecule has 0 fully saturated rings. The Morgan fingerprint density at radius 1 is 1.53 bits per heavy atom. The van der Waals surface area contributed by atoms with Crippen molar-refractivity contribution in [3.05, 3.63) is 18.0 Å². The lowest BCUT2D eigenvalue weighted by Crippen LogP contribution is -2.47. The Bertz CT molecular complexity index is 442. The van der Waals surface area contributed by atoms with Crippen LogP contribution in [0.15, 0.2) is 12.4 Å². The van der Waals surface area contributed by atoms with E-state index in [4.69, 9.17) is 5.11 Å². The van der Waals surface area contributed by atoms with E-state index in [-0.39, 0.29) is 18.6 Å². The summed E-state index contributed by atoms with van der Waals surface area (Å²) >= 11 is 0. The highest BCUT2D eigenvalue weighted by molar-refractivity contribution is 5.80. The van der Waals surface area contributed by atoms with Crippen LogP contribution in [0.2, 0.25) is 0 Å². The molecule has 7 heteroatoms. The summed E-state index contributed by atoms with van der Waals surface area (Å²) in [6.07, 6.45) is 3.62. The van der Waals surface area contributed by atoms with Crippen molar-refractivity contribution in [2.45, 2.75) is 33.4 Å². The third-order valence-corrected chi connectivity index (χ3v) is 2.57. The molecule has 106 valence electrons. The molecule has 2 amide bonds. The minimum atomic E-state index is -1.02. The standard InChI is InChI=1S/C12H20N4O3/c1-9(2)16(8-11(17)18)12(19)13-4-5-15-7-10(3)6-14-15/h6-7,9H,4-5,8H2,1-3H3,(H,13,19)(H,17,18). The zero-order chi connectivity index (χ0) is 14.4. The molecule has 2 N–H and O–H groups in total. The maximum Gasteiger partial charge on any atom is 0.323 e. The van der Waals surface area contributed by atoms with Crippen molar-refractivity contribution in [3.8, 4) is 0 Å². The fraction of sp³-hybridized carbons (Fsp3) is 0.583. The topological polar surface area (TPSA) is 87.5 Å². The van der Waals surface area contributed by atoms with Crippen LogP contribution in [0.3, 0.4) is 0 Å². The minimum Gasteiger partial charge on any atom is -0.480 e. The van der Waals surface area contributed by atoms with Gasteiger partial charge in [0.25, 0.3) is 0 Å². The third-order valence-electron chi connectivity index (χ3n) is 2.57. The Kier molecular flexibility index (Phi) is 5.35. The number of nitrogens with zero attached hydrogens (tertiary/aromatic N) is 3. The molecule has 1 heterocycles. The molecule has 7 nitrogen and oxygen atoms in total. The number of nitrogens with one attached hydrogen (secondary N) is 1. The monoisotopic (exact) mass is 268 g/mol. The Morgan fingerprint density at radius 2 is 2.21 bits per heavy atom. The molecule has 0 aliphatic rings. The second-order valence-electron chi connectivity index (χ2n) is 4.63. The van der Waals surface area contributed by atoms with Gasteiger partial charge < -0.3 is 15.3 Å². The lowest BCUT2D eigenvalue weighted by molar-refractivity contribution is -0.138. The number of hydrogen-bond donors (Lipinski definition) is 2. The summed E-state index contributed by atoms with van der Waals surface area (Å²) < 4.78 is 1.73. The summed E-state index contributed by atoms with van der Waals surface area (Å²) in [5.41, 5.74) is 1.06. The van der Waals surface area contributed by atoms with Gasteiger partial charge in [-0.05, 0) is 26.3 Å². The third kappa shape index (κ3) is 4.99. The summed E-state index contributed by atoms with van der Waals surface area (Å²) in [7, 11) is 0. The molecule has 0 aliphatic carbocycles. The van der Waals surface area contributed by atoms with Crippen LogP contribution in [0.25, 0.3) is 0 Å². The van der Waals surface area contributed by atoms with Crippen LogP contribution >= 0.6 is 0 Å². The first-order valence-electron chi connectivity index (χ1n) is 6.15. The maximum absolute atomic E-state index is 11.8. The second-order valence-corrected chi connectivity index (χ2v) is 4.63. The van der Waals surface area contributed by atoms with E-state index >= 15 is 0 Å². The van der Waals surface area contributed by atoms with Crippen LogP contribution in [0.1, 0.15) is 19.4 Å². The summed E-state index contributed by atoms with van der Waals surface area (Å²) in [6, 6.07) is -0.538. The molecule has 0 aliphatic heterocycles.